The van der Waals surface area contributed by atoms with Gasteiger partial charge in [0.15, 0.2) is 0 Å². The van der Waals surface area contributed by atoms with Crippen molar-refractivity contribution >= 4 is 59.2 Å². The molecule has 2 aliphatic heterocycles. The lowest BCUT2D eigenvalue weighted by Crippen LogP contribution is -2.42. The minimum Gasteiger partial charge on any atom is -0.325 e. The molecule has 5 heterocycles. The molecule has 2 atom stereocenters. The molecule has 268 valence electrons. The third-order valence-corrected chi connectivity index (χ3v) is 11.5. The van der Waals surface area contributed by atoms with Crippen LogP contribution in [-0.4, -0.2) is 52.1 Å². The lowest BCUT2D eigenvalue weighted by Gasteiger charge is -2.36. The largest absolute Gasteiger partial charge is 0.325 e. The van der Waals surface area contributed by atoms with Gasteiger partial charge < -0.3 is 15.5 Å². The molecule has 2 aromatic carbocycles. The van der Waals surface area contributed by atoms with Gasteiger partial charge in [-0.3, -0.25) is 15.0 Å². The van der Waals surface area contributed by atoms with Crippen LogP contribution in [-0.2, 0) is 0 Å². The van der Waals surface area contributed by atoms with Crippen LogP contribution in [0, 0.1) is 11.8 Å². The molecular formula is C44H42Cl2N6O. The van der Waals surface area contributed by atoms with Gasteiger partial charge in [-0.15, -0.1) is 0 Å². The van der Waals surface area contributed by atoms with Crippen molar-refractivity contribution in [3.63, 3.8) is 0 Å². The van der Waals surface area contributed by atoms with Gasteiger partial charge in [-0.05, 0) is 133 Å². The summed E-state index contributed by atoms with van der Waals surface area (Å²) in [4.78, 5) is 28.2. The van der Waals surface area contributed by atoms with Crippen LogP contribution < -0.4 is 10.6 Å². The number of likely N-dealkylation sites (tertiary alicyclic amines) is 1. The van der Waals surface area contributed by atoms with Crippen LogP contribution in [0.1, 0.15) is 82.3 Å². The number of aromatic nitrogens is 3. The van der Waals surface area contributed by atoms with E-state index in [2.05, 4.69) is 70.3 Å². The first-order chi connectivity index (χ1) is 26.0. The zero-order valence-electron chi connectivity index (χ0n) is 29.5. The summed E-state index contributed by atoms with van der Waals surface area (Å²) >= 11 is 12.5. The van der Waals surface area contributed by atoms with Gasteiger partial charge in [0.1, 0.15) is 0 Å². The molecular weight excluding hydrogens is 699 g/mol. The number of nitrogens with zero attached hydrogens (tertiary/aromatic N) is 4. The molecule has 2 N–H and O–H groups in total. The SMILES string of the molecule is Clc1ccc2c(c1)C=Cc1cccnc1C2C1CCNCC1.O=C(Nc1cccnc1)N1CCC(C2c3ccc(Cl)cc3C=Cc3cccnc32)CC1. The van der Waals surface area contributed by atoms with Crippen molar-refractivity contribution in [3.05, 3.63) is 152 Å². The standard InChI is InChI=1S/C25H23ClN4O.C19H19ClN2/c26-20-7-8-22-19(15-20)6-5-18-3-1-12-28-24(18)23(22)17-9-13-30(14-10-17)25(31)29-21-4-2-11-27-16-21;20-16-5-6-17-15(12-16)4-3-14-2-1-9-22-19(14)18(17)13-7-10-21-11-8-13/h1-8,11-12,15-17,23H,9-10,13-14H2,(H,29,31);1-6,9,12-13,18,21H,7-8,10-11H2. The number of urea groups is 1. The highest BCUT2D eigenvalue weighted by atomic mass is 35.5. The second kappa shape index (κ2) is 16.0. The number of piperidine rings is 2. The minimum absolute atomic E-state index is 0.0697. The maximum atomic E-state index is 12.7. The first-order valence-electron chi connectivity index (χ1n) is 18.5. The first kappa shape index (κ1) is 35.2. The van der Waals surface area contributed by atoms with Crippen molar-refractivity contribution in [2.45, 2.75) is 37.5 Å². The van der Waals surface area contributed by atoms with E-state index in [1.165, 1.54) is 40.8 Å². The molecule has 53 heavy (non-hydrogen) atoms. The van der Waals surface area contributed by atoms with E-state index in [0.29, 0.717) is 36.5 Å². The van der Waals surface area contributed by atoms with E-state index < -0.39 is 0 Å². The number of anilines is 1. The third-order valence-electron chi connectivity index (χ3n) is 11.1. The van der Waals surface area contributed by atoms with Crippen molar-refractivity contribution < 1.29 is 4.79 Å². The lowest BCUT2D eigenvalue weighted by atomic mass is 9.76. The number of fused-ring (bicyclic) bond motifs is 4. The predicted molar refractivity (Wildman–Crippen MR) is 216 cm³/mol. The summed E-state index contributed by atoms with van der Waals surface area (Å²) < 4.78 is 0. The summed E-state index contributed by atoms with van der Waals surface area (Å²) in [6.07, 6.45) is 20.0. The quantitative estimate of drug-likeness (QED) is 0.192. The number of benzene rings is 2. The van der Waals surface area contributed by atoms with Crippen molar-refractivity contribution in [2.24, 2.45) is 11.8 Å². The molecule has 2 aliphatic carbocycles. The van der Waals surface area contributed by atoms with Crippen LogP contribution in [0.5, 0.6) is 0 Å². The van der Waals surface area contributed by atoms with Crippen molar-refractivity contribution in [1.82, 2.24) is 25.2 Å². The summed E-state index contributed by atoms with van der Waals surface area (Å²) in [6.45, 7) is 3.62. The zero-order chi connectivity index (χ0) is 36.1. The average molecular weight is 742 g/mol. The molecule has 4 aliphatic rings. The van der Waals surface area contributed by atoms with Gasteiger partial charge >= 0.3 is 6.03 Å². The molecule has 3 aromatic heterocycles. The highest BCUT2D eigenvalue weighted by Gasteiger charge is 2.34. The van der Waals surface area contributed by atoms with E-state index in [0.717, 1.165) is 52.8 Å². The topological polar surface area (TPSA) is 83.0 Å². The predicted octanol–water partition coefficient (Wildman–Crippen LogP) is 10.0. The van der Waals surface area contributed by atoms with Crippen LogP contribution in [0.4, 0.5) is 10.5 Å². The summed E-state index contributed by atoms with van der Waals surface area (Å²) in [5, 5.41) is 7.95. The summed E-state index contributed by atoms with van der Waals surface area (Å²) in [7, 11) is 0. The number of hydrogen-bond acceptors (Lipinski definition) is 5. The number of halogens is 2. The number of carbonyl (C=O) groups excluding carboxylic acids is 1. The van der Waals surface area contributed by atoms with Gasteiger partial charge in [0.2, 0.25) is 0 Å². The van der Waals surface area contributed by atoms with E-state index in [-0.39, 0.29) is 11.9 Å². The third kappa shape index (κ3) is 7.79. The van der Waals surface area contributed by atoms with Gasteiger partial charge in [0.25, 0.3) is 0 Å². The van der Waals surface area contributed by atoms with Gasteiger partial charge in [-0.1, -0.05) is 71.8 Å². The Balaban J connectivity index is 0.000000160. The smallest absolute Gasteiger partial charge is 0.321 e. The normalized spacial score (nSPS) is 19.3. The Morgan fingerprint density at radius 3 is 1.74 bits per heavy atom. The van der Waals surface area contributed by atoms with Gasteiger partial charge in [0, 0.05) is 53.6 Å². The van der Waals surface area contributed by atoms with Crippen molar-refractivity contribution in [2.75, 3.05) is 31.5 Å². The van der Waals surface area contributed by atoms with Gasteiger partial charge in [-0.25, -0.2) is 4.79 Å². The van der Waals surface area contributed by atoms with E-state index in [4.69, 9.17) is 33.2 Å². The molecule has 0 saturated carbocycles. The maximum absolute atomic E-state index is 12.7. The number of pyridine rings is 3. The molecule has 5 aromatic rings. The van der Waals surface area contributed by atoms with Crippen molar-refractivity contribution in [1.29, 1.82) is 0 Å². The van der Waals surface area contributed by atoms with E-state index >= 15 is 0 Å². The Morgan fingerprint density at radius 2 is 1.19 bits per heavy atom. The highest BCUT2D eigenvalue weighted by molar-refractivity contribution is 6.31. The fourth-order valence-electron chi connectivity index (χ4n) is 8.47. The fraction of sp³-hybridized carbons (Fsp3) is 0.273. The molecule has 2 fully saturated rings. The Bertz CT molecular complexity index is 2140. The molecule has 9 heteroatoms. The Labute approximate surface area is 321 Å². The number of amides is 2. The van der Waals surface area contributed by atoms with Gasteiger partial charge in [0.05, 0.1) is 23.3 Å². The summed E-state index contributed by atoms with van der Waals surface area (Å²) in [6, 6.07) is 24.3. The molecule has 0 bridgehead atoms. The first-order valence-corrected chi connectivity index (χ1v) is 19.3. The Kier molecular flexibility index (Phi) is 10.7. The molecule has 0 radical (unpaired) electrons. The zero-order valence-corrected chi connectivity index (χ0v) is 31.0. The van der Waals surface area contributed by atoms with Crippen LogP contribution in [0.15, 0.2) is 97.6 Å². The molecule has 7 nitrogen and oxygen atoms in total. The average Bonchev–Trinajstić information content (AvgIpc) is 3.46. The summed E-state index contributed by atoms with van der Waals surface area (Å²) in [5.74, 6) is 1.58. The molecule has 9 rings (SSSR count). The van der Waals surface area contributed by atoms with Crippen LogP contribution >= 0.6 is 23.2 Å². The number of hydrogen-bond donors (Lipinski definition) is 2. The fourth-order valence-corrected chi connectivity index (χ4v) is 8.83. The summed E-state index contributed by atoms with van der Waals surface area (Å²) in [5.41, 5.74) is 10.4. The minimum atomic E-state index is -0.0697. The number of carbonyl (C=O) groups is 1. The maximum Gasteiger partial charge on any atom is 0.321 e. The van der Waals surface area contributed by atoms with Crippen LogP contribution in [0.2, 0.25) is 10.0 Å². The second-order valence-electron chi connectivity index (χ2n) is 14.2. The number of nitrogens with one attached hydrogen (secondary N) is 2. The molecule has 2 unspecified atom stereocenters. The van der Waals surface area contributed by atoms with Crippen molar-refractivity contribution in [3.8, 4) is 0 Å². The van der Waals surface area contributed by atoms with E-state index in [9.17, 15) is 4.79 Å². The molecule has 2 saturated heterocycles. The van der Waals surface area contributed by atoms with Gasteiger partial charge in [-0.2, -0.15) is 0 Å². The Morgan fingerprint density at radius 1 is 0.660 bits per heavy atom. The van der Waals surface area contributed by atoms with E-state index in [1.54, 1.807) is 12.4 Å². The van der Waals surface area contributed by atoms with Crippen LogP contribution in [0.25, 0.3) is 24.3 Å². The van der Waals surface area contributed by atoms with Crippen LogP contribution in [0.3, 0.4) is 0 Å². The molecule has 0 spiro atoms. The second-order valence-corrected chi connectivity index (χ2v) is 15.1. The lowest BCUT2D eigenvalue weighted by molar-refractivity contribution is 0.177. The highest BCUT2D eigenvalue weighted by Crippen LogP contribution is 2.44. The number of rotatable bonds is 3. The Hall–Kier alpha value is -4.82. The monoisotopic (exact) mass is 740 g/mol. The molecule has 2 amide bonds. The van der Waals surface area contributed by atoms with E-state index in [1.807, 2.05) is 59.8 Å².